The average molecular weight is 308 g/mol. The minimum absolute atomic E-state index is 0.176. The molecule has 1 amide bonds. The van der Waals surface area contributed by atoms with Gasteiger partial charge in [0, 0.05) is 4.47 Å². The first kappa shape index (κ1) is 12.8. The van der Waals surface area contributed by atoms with Crippen molar-refractivity contribution in [3.05, 3.63) is 63.9 Å². The molecule has 0 aliphatic heterocycles. The standard InChI is InChI=1S/C14H11BrFNO/c1-9-6-7-10(11(15)8-9)14(18)17-13-5-3-2-4-12(13)16/h2-8H,1H3,(H,17,18). The molecule has 0 atom stereocenters. The van der Waals surface area contributed by atoms with Crippen LogP contribution in [0.25, 0.3) is 0 Å². The van der Waals surface area contributed by atoms with Crippen molar-refractivity contribution < 1.29 is 9.18 Å². The number of carbonyl (C=O) groups excluding carboxylic acids is 1. The number of hydrogen-bond donors (Lipinski definition) is 1. The van der Waals surface area contributed by atoms with Gasteiger partial charge in [0.25, 0.3) is 5.91 Å². The summed E-state index contributed by atoms with van der Waals surface area (Å²) in [4.78, 5) is 12.0. The van der Waals surface area contributed by atoms with Crippen LogP contribution >= 0.6 is 15.9 Å². The highest BCUT2D eigenvalue weighted by Gasteiger charge is 2.11. The molecular weight excluding hydrogens is 297 g/mol. The van der Waals surface area contributed by atoms with Gasteiger partial charge in [-0.05, 0) is 52.7 Å². The summed E-state index contributed by atoms with van der Waals surface area (Å²) >= 11 is 3.33. The Morgan fingerprint density at radius 2 is 1.94 bits per heavy atom. The van der Waals surface area contributed by atoms with E-state index in [0.717, 1.165) is 5.56 Å². The minimum Gasteiger partial charge on any atom is -0.319 e. The fourth-order valence-electron chi connectivity index (χ4n) is 1.56. The number of anilines is 1. The van der Waals surface area contributed by atoms with Crippen LogP contribution in [0.1, 0.15) is 15.9 Å². The van der Waals surface area contributed by atoms with Crippen LogP contribution in [-0.4, -0.2) is 5.91 Å². The summed E-state index contributed by atoms with van der Waals surface area (Å²) in [5.41, 5.74) is 1.70. The summed E-state index contributed by atoms with van der Waals surface area (Å²) < 4.78 is 14.1. The van der Waals surface area contributed by atoms with E-state index in [1.54, 1.807) is 18.2 Å². The van der Waals surface area contributed by atoms with E-state index in [1.165, 1.54) is 12.1 Å². The molecular formula is C14H11BrFNO. The lowest BCUT2D eigenvalue weighted by Crippen LogP contribution is -2.13. The lowest BCUT2D eigenvalue weighted by molar-refractivity contribution is 0.102. The predicted octanol–water partition coefficient (Wildman–Crippen LogP) is 4.15. The van der Waals surface area contributed by atoms with Gasteiger partial charge in [0.15, 0.2) is 0 Å². The van der Waals surface area contributed by atoms with Gasteiger partial charge in [0.2, 0.25) is 0 Å². The largest absolute Gasteiger partial charge is 0.319 e. The van der Waals surface area contributed by atoms with Gasteiger partial charge in [-0.25, -0.2) is 4.39 Å². The van der Waals surface area contributed by atoms with Crippen molar-refractivity contribution in [2.75, 3.05) is 5.32 Å². The van der Waals surface area contributed by atoms with Gasteiger partial charge in [0.1, 0.15) is 5.82 Å². The first-order chi connectivity index (χ1) is 8.58. The van der Waals surface area contributed by atoms with Crippen molar-refractivity contribution in [3.8, 4) is 0 Å². The lowest BCUT2D eigenvalue weighted by Gasteiger charge is -2.08. The Bertz CT molecular complexity index is 598. The molecule has 0 saturated heterocycles. The van der Waals surface area contributed by atoms with Gasteiger partial charge in [-0.1, -0.05) is 18.2 Å². The number of hydrogen-bond acceptors (Lipinski definition) is 1. The molecule has 92 valence electrons. The third kappa shape index (κ3) is 2.76. The van der Waals surface area contributed by atoms with Crippen LogP contribution in [0.2, 0.25) is 0 Å². The van der Waals surface area contributed by atoms with E-state index in [-0.39, 0.29) is 11.6 Å². The molecule has 0 aliphatic rings. The highest BCUT2D eigenvalue weighted by Crippen LogP contribution is 2.20. The summed E-state index contributed by atoms with van der Waals surface area (Å²) in [5.74, 6) is -0.791. The Labute approximate surface area is 113 Å². The van der Waals surface area contributed by atoms with Crippen molar-refractivity contribution in [3.63, 3.8) is 0 Å². The second-order valence-corrected chi connectivity index (χ2v) is 4.77. The normalized spacial score (nSPS) is 10.2. The van der Waals surface area contributed by atoms with Crippen LogP contribution in [0.15, 0.2) is 46.9 Å². The molecule has 2 aromatic carbocycles. The number of rotatable bonds is 2. The Balaban J connectivity index is 2.25. The Morgan fingerprint density at radius 3 is 2.61 bits per heavy atom. The smallest absolute Gasteiger partial charge is 0.256 e. The Hall–Kier alpha value is -1.68. The summed E-state index contributed by atoms with van der Waals surface area (Å²) in [7, 11) is 0. The number of halogens is 2. The molecule has 0 saturated carbocycles. The molecule has 0 bridgehead atoms. The minimum atomic E-state index is -0.450. The molecule has 1 N–H and O–H groups in total. The third-order valence-corrected chi connectivity index (χ3v) is 3.15. The van der Waals surface area contributed by atoms with Gasteiger partial charge in [-0.2, -0.15) is 0 Å². The number of para-hydroxylation sites is 1. The molecule has 2 rings (SSSR count). The zero-order valence-corrected chi connectivity index (χ0v) is 11.3. The molecule has 0 unspecified atom stereocenters. The molecule has 0 fully saturated rings. The van der Waals surface area contributed by atoms with E-state index in [2.05, 4.69) is 21.2 Å². The van der Waals surface area contributed by atoms with Crippen LogP contribution in [-0.2, 0) is 0 Å². The maximum atomic E-state index is 13.4. The number of benzene rings is 2. The SMILES string of the molecule is Cc1ccc(C(=O)Nc2ccccc2F)c(Br)c1. The number of nitrogens with one attached hydrogen (secondary N) is 1. The Morgan fingerprint density at radius 1 is 1.22 bits per heavy atom. The summed E-state index contributed by atoms with van der Waals surface area (Å²) in [5, 5.41) is 2.54. The predicted molar refractivity (Wildman–Crippen MR) is 73.2 cm³/mol. The fraction of sp³-hybridized carbons (Fsp3) is 0.0714. The molecule has 18 heavy (non-hydrogen) atoms. The monoisotopic (exact) mass is 307 g/mol. The molecule has 0 heterocycles. The quantitative estimate of drug-likeness (QED) is 0.887. The van der Waals surface area contributed by atoms with E-state index >= 15 is 0 Å². The van der Waals surface area contributed by atoms with E-state index in [9.17, 15) is 9.18 Å². The zero-order chi connectivity index (χ0) is 13.1. The zero-order valence-electron chi connectivity index (χ0n) is 9.71. The average Bonchev–Trinajstić information content (AvgIpc) is 2.32. The Kier molecular flexibility index (Phi) is 3.77. The van der Waals surface area contributed by atoms with Crippen molar-refractivity contribution in [1.29, 1.82) is 0 Å². The van der Waals surface area contributed by atoms with Gasteiger partial charge in [-0.3, -0.25) is 4.79 Å². The van der Waals surface area contributed by atoms with E-state index < -0.39 is 5.82 Å². The second-order valence-electron chi connectivity index (χ2n) is 3.92. The first-order valence-corrected chi connectivity index (χ1v) is 6.19. The van der Waals surface area contributed by atoms with E-state index in [1.807, 2.05) is 19.1 Å². The number of aryl methyl sites for hydroxylation is 1. The fourth-order valence-corrected chi connectivity index (χ4v) is 2.23. The highest BCUT2D eigenvalue weighted by molar-refractivity contribution is 9.10. The van der Waals surface area contributed by atoms with Crippen molar-refractivity contribution in [2.24, 2.45) is 0 Å². The van der Waals surface area contributed by atoms with Crippen LogP contribution in [0.4, 0.5) is 10.1 Å². The summed E-state index contributed by atoms with van der Waals surface area (Å²) in [6, 6.07) is 11.5. The molecule has 2 aromatic rings. The van der Waals surface area contributed by atoms with Crippen molar-refractivity contribution in [2.45, 2.75) is 6.92 Å². The molecule has 4 heteroatoms. The molecule has 0 aromatic heterocycles. The summed E-state index contributed by atoms with van der Waals surface area (Å²) in [6.45, 7) is 1.93. The third-order valence-electron chi connectivity index (χ3n) is 2.49. The molecule has 0 spiro atoms. The van der Waals surface area contributed by atoms with Crippen LogP contribution in [0.3, 0.4) is 0 Å². The van der Waals surface area contributed by atoms with Crippen LogP contribution in [0.5, 0.6) is 0 Å². The maximum absolute atomic E-state index is 13.4. The van der Waals surface area contributed by atoms with Gasteiger partial charge in [-0.15, -0.1) is 0 Å². The van der Waals surface area contributed by atoms with Crippen molar-refractivity contribution in [1.82, 2.24) is 0 Å². The van der Waals surface area contributed by atoms with Gasteiger partial charge in [0.05, 0.1) is 11.3 Å². The molecule has 0 aliphatic carbocycles. The highest BCUT2D eigenvalue weighted by atomic mass is 79.9. The topological polar surface area (TPSA) is 29.1 Å². The summed E-state index contributed by atoms with van der Waals surface area (Å²) in [6.07, 6.45) is 0. The molecule has 0 radical (unpaired) electrons. The van der Waals surface area contributed by atoms with Crippen molar-refractivity contribution >= 4 is 27.5 Å². The van der Waals surface area contributed by atoms with E-state index in [0.29, 0.717) is 10.0 Å². The lowest BCUT2D eigenvalue weighted by atomic mass is 10.1. The number of carbonyl (C=O) groups is 1. The van der Waals surface area contributed by atoms with E-state index in [4.69, 9.17) is 0 Å². The van der Waals surface area contributed by atoms with Crippen LogP contribution < -0.4 is 5.32 Å². The van der Waals surface area contributed by atoms with Crippen LogP contribution in [0, 0.1) is 12.7 Å². The maximum Gasteiger partial charge on any atom is 0.256 e. The van der Waals surface area contributed by atoms with Gasteiger partial charge >= 0.3 is 0 Å². The second kappa shape index (κ2) is 5.31. The first-order valence-electron chi connectivity index (χ1n) is 5.40. The van der Waals surface area contributed by atoms with Gasteiger partial charge < -0.3 is 5.32 Å². The number of amides is 1. The molecule has 2 nitrogen and oxygen atoms in total.